The number of nitrogens with zero attached hydrogens (tertiary/aromatic N) is 4. The molecule has 0 bridgehead atoms. The Labute approximate surface area is 173 Å². The van der Waals surface area contributed by atoms with E-state index in [2.05, 4.69) is 15.4 Å². The highest BCUT2D eigenvalue weighted by atomic mass is 19.1. The van der Waals surface area contributed by atoms with Crippen molar-refractivity contribution in [2.24, 2.45) is 5.92 Å². The van der Waals surface area contributed by atoms with Gasteiger partial charge in [-0.1, -0.05) is 6.07 Å². The van der Waals surface area contributed by atoms with Gasteiger partial charge in [0.05, 0.1) is 23.1 Å². The summed E-state index contributed by atoms with van der Waals surface area (Å²) in [7, 11) is 0. The number of hydrogen-bond donors (Lipinski definition) is 1. The molecule has 1 fully saturated rings. The van der Waals surface area contributed by atoms with E-state index in [1.54, 1.807) is 46.2 Å². The molecule has 1 N–H and O–H groups in total. The molecule has 1 aliphatic heterocycles. The van der Waals surface area contributed by atoms with Gasteiger partial charge in [0.1, 0.15) is 11.6 Å². The van der Waals surface area contributed by atoms with Crippen LogP contribution < -0.4 is 5.32 Å². The highest BCUT2D eigenvalue weighted by Gasteiger charge is 2.29. The van der Waals surface area contributed by atoms with E-state index in [-0.39, 0.29) is 23.5 Å². The van der Waals surface area contributed by atoms with Crippen LogP contribution >= 0.6 is 0 Å². The van der Waals surface area contributed by atoms with Crippen molar-refractivity contribution in [2.75, 3.05) is 18.4 Å². The Kier molecular flexibility index (Phi) is 5.56. The van der Waals surface area contributed by atoms with Crippen molar-refractivity contribution in [1.82, 2.24) is 19.7 Å². The number of carbonyl (C=O) groups excluding carboxylic acids is 2. The molecule has 0 saturated carbocycles. The summed E-state index contributed by atoms with van der Waals surface area (Å²) in [6, 6.07) is 11.3. The molecule has 0 atom stereocenters. The average Bonchev–Trinajstić information content (AvgIpc) is 3.16. The van der Waals surface area contributed by atoms with E-state index in [9.17, 15) is 14.0 Å². The van der Waals surface area contributed by atoms with E-state index in [4.69, 9.17) is 0 Å². The minimum Gasteiger partial charge on any atom is -0.338 e. The maximum atomic E-state index is 13.2. The Morgan fingerprint density at radius 3 is 2.50 bits per heavy atom. The van der Waals surface area contributed by atoms with Gasteiger partial charge in [0.15, 0.2) is 0 Å². The van der Waals surface area contributed by atoms with Crippen molar-refractivity contribution in [2.45, 2.75) is 19.8 Å². The van der Waals surface area contributed by atoms with Crippen LogP contribution in [-0.4, -0.2) is 44.6 Å². The maximum Gasteiger partial charge on any atom is 0.257 e. The second kappa shape index (κ2) is 8.44. The number of aromatic nitrogens is 3. The van der Waals surface area contributed by atoms with Gasteiger partial charge in [-0.25, -0.2) is 14.1 Å². The number of nitrogens with one attached hydrogen (secondary N) is 1. The predicted molar refractivity (Wildman–Crippen MR) is 110 cm³/mol. The first-order valence-electron chi connectivity index (χ1n) is 9.84. The normalized spacial score (nSPS) is 14.5. The number of likely N-dealkylation sites (tertiary alicyclic amines) is 1. The third-order valence-corrected chi connectivity index (χ3v) is 5.38. The SMILES string of the molecule is Cc1c(C(=O)N2CCC(C(=O)Nc3ccccn3)CC2)cnn1-c1ccc(F)cc1. The van der Waals surface area contributed by atoms with Gasteiger partial charge in [-0.3, -0.25) is 9.59 Å². The first-order chi connectivity index (χ1) is 14.5. The number of piperidine rings is 1. The number of pyridine rings is 1. The molecule has 154 valence electrons. The van der Waals surface area contributed by atoms with Crippen molar-refractivity contribution < 1.29 is 14.0 Å². The number of anilines is 1. The molecule has 2 amide bonds. The molecule has 1 aliphatic rings. The first kappa shape index (κ1) is 19.8. The molecule has 7 nitrogen and oxygen atoms in total. The van der Waals surface area contributed by atoms with Crippen LogP contribution in [0.2, 0.25) is 0 Å². The first-order valence-corrected chi connectivity index (χ1v) is 9.84. The summed E-state index contributed by atoms with van der Waals surface area (Å²) in [4.78, 5) is 31.3. The van der Waals surface area contributed by atoms with Crippen molar-refractivity contribution in [1.29, 1.82) is 0 Å². The van der Waals surface area contributed by atoms with Crippen LogP contribution in [0.15, 0.2) is 54.9 Å². The molecule has 1 aromatic carbocycles. The summed E-state index contributed by atoms with van der Waals surface area (Å²) in [6.45, 7) is 2.82. The lowest BCUT2D eigenvalue weighted by atomic mass is 9.95. The highest BCUT2D eigenvalue weighted by molar-refractivity contribution is 5.96. The van der Waals surface area contributed by atoms with Crippen LogP contribution in [0.5, 0.6) is 0 Å². The van der Waals surface area contributed by atoms with Crippen molar-refractivity contribution in [3.05, 3.63) is 71.9 Å². The fraction of sp³-hybridized carbons (Fsp3) is 0.273. The Hall–Kier alpha value is -3.55. The number of halogens is 1. The van der Waals surface area contributed by atoms with E-state index >= 15 is 0 Å². The summed E-state index contributed by atoms with van der Waals surface area (Å²) in [6.07, 6.45) is 4.36. The molecule has 2 aromatic heterocycles. The molecule has 0 spiro atoms. The van der Waals surface area contributed by atoms with E-state index in [0.29, 0.717) is 48.7 Å². The van der Waals surface area contributed by atoms with Gasteiger partial charge in [-0.05, 0) is 56.2 Å². The second-order valence-corrected chi connectivity index (χ2v) is 7.30. The van der Waals surface area contributed by atoms with E-state index in [1.165, 1.54) is 12.1 Å². The quantitative estimate of drug-likeness (QED) is 0.720. The predicted octanol–water partition coefficient (Wildman–Crippen LogP) is 3.21. The van der Waals surface area contributed by atoms with Gasteiger partial charge in [0, 0.05) is 25.2 Å². The molecule has 30 heavy (non-hydrogen) atoms. The molecule has 0 unspecified atom stereocenters. The van der Waals surface area contributed by atoms with Crippen molar-refractivity contribution >= 4 is 17.6 Å². The van der Waals surface area contributed by atoms with Crippen LogP contribution in [0.25, 0.3) is 5.69 Å². The summed E-state index contributed by atoms with van der Waals surface area (Å²) >= 11 is 0. The fourth-order valence-corrected chi connectivity index (χ4v) is 3.64. The van der Waals surface area contributed by atoms with Gasteiger partial charge in [0.2, 0.25) is 5.91 Å². The third-order valence-electron chi connectivity index (χ3n) is 5.38. The summed E-state index contributed by atoms with van der Waals surface area (Å²) in [5, 5.41) is 7.13. The lowest BCUT2D eigenvalue weighted by Crippen LogP contribution is -2.41. The monoisotopic (exact) mass is 407 g/mol. The molecule has 3 heterocycles. The lowest BCUT2D eigenvalue weighted by Gasteiger charge is -2.31. The zero-order chi connectivity index (χ0) is 21.1. The Bertz CT molecular complexity index is 1040. The van der Waals surface area contributed by atoms with Crippen LogP contribution in [0.1, 0.15) is 28.9 Å². The van der Waals surface area contributed by atoms with Crippen molar-refractivity contribution in [3.8, 4) is 5.69 Å². The van der Waals surface area contributed by atoms with Gasteiger partial charge < -0.3 is 10.2 Å². The fourth-order valence-electron chi connectivity index (χ4n) is 3.64. The van der Waals surface area contributed by atoms with Crippen LogP contribution in [0, 0.1) is 18.7 Å². The number of hydrogen-bond acceptors (Lipinski definition) is 4. The molecule has 1 saturated heterocycles. The lowest BCUT2D eigenvalue weighted by molar-refractivity contribution is -0.121. The number of benzene rings is 1. The van der Waals surface area contributed by atoms with Crippen LogP contribution in [0.3, 0.4) is 0 Å². The Morgan fingerprint density at radius 2 is 1.83 bits per heavy atom. The summed E-state index contributed by atoms with van der Waals surface area (Å²) in [5.74, 6) is -0.121. The molecule has 3 aromatic rings. The summed E-state index contributed by atoms with van der Waals surface area (Å²) < 4.78 is 14.8. The molecular formula is C22H22FN5O2. The third kappa shape index (κ3) is 4.07. The van der Waals surface area contributed by atoms with Crippen LogP contribution in [-0.2, 0) is 4.79 Å². The van der Waals surface area contributed by atoms with E-state index in [0.717, 1.165) is 0 Å². The number of amides is 2. The van der Waals surface area contributed by atoms with Crippen molar-refractivity contribution in [3.63, 3.8) is 0 Å². The Balaban J connectivity index is 1.39. The highest BCUT2D eigenvalue weighted by Crippen LogP contribution is 2.22. The van der Waals surface area contributed by atoms with Crippen LogP contribution in [0.4, 0.5) is 10.2 Å². The summed E-state index contributed by atoms with van der Waals surface area (Å²) in [5.41, 5.74) is 1.90. The largest absolute Gasteiger partial charge is 0.338 e. The number of rotatable bonds is 4. The smallest absolute Gasteiger partial charge is 0.257 e. The minimum absolute atomic E-state index is 0.0684. The molecule has 4 rings (SSSR count). The topological polar surface area (TPSA) is 80.1 Å². The average molecular weight is 407 g/mol. The van der Waals surface area contributed by atoms with E-state index < -0.39 is 0 Å². The Morgan fingerprint density at radius 1 is 1.10 bits per heavy atom. The molecule has 8 heteroatoms. The maximum absolute atomic E-state index is 13.2. The standard InChI is InChI=1S/C22H22FN5O2/c1-15-19(14-25-28(15)18-7-5-17(23)6-8-18)22(30)27-12-9-16(10-13-27)21(29)26-20-4-2-3-11-24-20/h2-8,11,14,16H,9-10,12-13H2,1H3,(H,24,26,29). The van der Waals surface area contributed by atoms with Gasteiger partial charge >= 0.3 is 0 Å². The zero-order valence-corrected chi connectivity index (χ0v) is 16.6. The van der Waals surface area contributed by atoms with Gasteiger partial charge in [0.25, 0.3) is 5.91 Å². The molecular weight excluding hydrogens is 385 g/mol. The molecule has 0 aliphatic carbocycles. The number of carbonyl (C=O) groups is 2. The second-order valence-electron chi connectivity index (χ2n) is 7.30. The minimum atomic E-state index is -0.324. The van der Waals surface area contributed by atoms with Gasteiger partial charge in [-0.15, -0.1) is 0 Å². The van der Waals surface area contributed by atoms with Gasteiger partial charge in [-0.2, -0.15) is 5.10 Å². The molecule has 0 radical (unpaired) electrons. The van der Waals surface area contributed by atoms with E-state index in [1.807, 2.05) is 13.0 Å². The zero-order valence-electron chi connectivity index (χ0n) is 16.6.